The Morgan fingerprint density at radius 3 is 2.91 bits per heavy atom. The Balaban J connectivity index is 1.69. The van der Waals surface area contributed by atoms with Crippen LogP contribution in [0.2, 0.25) is 0 Å². The first kappa shape index (κ1) is 17.7. The van der Waals surface area contributed by atoms with Crippen LogP contribution in [0.15, 0.2) is 48.6 Å². The molecular formula is C20H28O3. The number of hydrogen-bond acceptors (Lipinski definition) is 3. The van der Waals surface area contributed by atoms with Gasteiger partial charge in [0.25, 0.3) is 0 Å². The number of allylic oxidation sites excluding steroid dienone is 4. The van der Waals surface area contributed by atoms with E-state index in [0.717, 1.165) is 38.5 Å². The van der Waals surface area contributed by atoms with E-state index < -0.39 is 0 Å². The second-order valence-electron chi connectivity index (χ2n) is 5.97. The summed E-state index contributed by atoms with van der Waals surface area (Å²) in [6.45, 7) is 2.14. The Labute approximate surface area is 139 Å². The molecule has 2 rings (SSSR count). The van der Waals surface area contributed by atoms with E-state index in [1.807, 2.05) is 12.2 Å². The Bertz CT molecular complexity index is 473. The van der Waals surface area contributed by atoms with Crippen molar-refractivity contribution in [3.8, 4) is 0 Å². The van der Waals surface area contributed by atoms with Gasteiger partial charge >= 0.3 is 5.97 Å². The molecule has 0 radical (unpaired) electrons. The van der Waals surface area contributed by atoms with Crippen LogP contribution in [0.5, 0.6) is 0 Å². The molecule has 3 atom stereocenters. The largest absolute Gasteiger partial charge is 0.458 e. The van der Waals surface area contributed by atoms with E-state index in [9.17, 15) is 4.79 Å². The fourth-order valence-corrected chi connectivity index (χ4v) is 2.52. The number of carbonyl (C=O) groups is 1. The maximum Gasteiger partial charge on any atom is 0.306 e. The predicted molar refractivity (Wildman–Crippen MR) is 93.1 cm³/mol. The van der Waals surface area contributed by atoms with Gasteiger partial charge < -0.3 is 9.47 Å². The van der Waals surface area contributed by atoms with Crippen molar-refractivity contribution in [1.82, 2.24) is 0 Å². The van der Waals surface area contributed by atoms with Crippen LogP contribution in [0.25, 0.3) is 0 Å². The standard InChI is InChI=1S/C20H28O3/c1-2-3-4-5-6-10-13-18-19(23-18)16-15-17-12-9-7-8-11-14-20(21)22-17/h3-4,6-7,9-10,15-19H,2,5,8,11-14H2,1H3/b4-3?,9-7?,10-6?,16-15+/t17-,18-,19+/m0/s1. The molecule has 1 fully saturated rings. The summed E-state index contributed by atoms with van der Waals surface area (Å²) in [6, 6.07) is 0. The first-order valence-electron chi connectivity index (χ1n) is 8.78. The lowest BCUT2D eigenvalue weighted by Gasteiger charge is -2.11. The van der Waals surface area contributed by atoms with Crippen molar-refractivity contribution in [2.45, 2.75) is 70.2 Å². The predicted octanol–water partition coefficient (Wildman–Crippen LogP) is 4.65. The monoisotopic (exact) mass is 316 g/mol. The van der Waals surface area contributed by atoms with E-state index in [1.54, 1.807) is 0 Å². The summed E-state index contributed by atoms with van der Waals surface area (Å²) in [5, 5.41) is 0. The highest BCUT2D eigenvalue weighted by atomic mass is 16.6. The summed E-state index contributed by atoms with van der Waals surface area (Å²) in [7, 11) is 0. The molecule has 0 spiro atoms. The molecule has 2 aliphatic rings. The molecule has 0 aromatic heterocycles. The molecule has 0 amide bonds. The first-order chi connectivity index (χ1) is 11.3. The number of esters is 1. The molecule has 126 valence electrons. The minimum absolute atomic E-state index is 0.0975. The van der Waals surface area contributed by atoms with E-state index in [-0.39, 0.29) is 24.3 Å². The van der Waals surface area contributed by atoms with Gasteiger partial charge in [0.2, 0.25) is 0 Å². The lowest BCUT2D eigenvalue weighted by Crippen LogP contribution is -2.15. The van der Waals surface area contributed by atoms with Gasteiger partial charge in [0, 0.05) is 12.8 Å². The van der Waals surface area contributed by atoms with Gasteiger partial charge in [-0.25, -0.2) is 0 Å². The molecule has 0 unspecified atom stereocenters. The Morgan fingerprint density at radius 1 is 1.17 bits per heavy atom. The van der Waals surface area contributed by atoms with Crippen molar-refractivity contribution in [3.05, 3.63) is 48.6 Å². The number of carbonyl (C=O) groups excluding carboxylic acids is 1. The third kappa shape index (κ3) is 7.47. The zero-order chi connectivity index (χ0) is 16.3. The van der Waals surface area contributed by atoms with Crippen molar-refractivity contribution >= 4 is 5.97 Å². The van der Waals surface area contributed by atoms with E-state index >= 15 is 0 Å². The zero-order valence-electron chi connectivity index (χ0n) is 14.0. The lowest BCUT2D eigenvalue weighted by molar-refractivity contribution is -0.146. The number of ether oxygens (including phenoxy) is 2. The topological polar surface area (TPSA) is 38.8 Å². The number of hydrogen-bond donors (Lipinski definition) is 0. The van der Waals surface area contributed by atoms with Crippen LogP contribution in [0.4, 0.5) is 0 Å². The Kier molecular flexibility index (Phi) is 7.88. The van der Waals surface area contributed by atoms with Gasteiger partial charge in [-0.05, 0) is 38.2 Å². The Morgan fingerprint density at radius 2 is 2.04 bits per heavy atom. The minimum Gasteiger partial charge on any atom is -0.458 e. The summed E-state index contributed by atoms with van der Waals surface area (Å²) < 4.78 is 11.1. The van der Waals surface area contributed by atoms with Crippen LogP contribution in [0, 0.1) is 0 Å². The highest BCUT2D eigenvalue weighted by Gasteiger charge is 2.35. The molecule has 0 saturated carbocycles. The molecule has 2 aliphatic heterocycles. The fourth-order valence-electron chi connectivity index (χ4n) is 2.52. The van der Waals surface area contributed by atoms with Crippen LogP contribution in [-0.2, 0) is 14.3 Å². The molecule has 3 nitrogen and oxygen atoms in total. The zero-order valence-corrected chi connectivity index (χ0v) is 14.0. The second-order valence-corrected chi connectivity index (χ2v) is 5.97. The fraction of sp³-hybridized carbons (Fsp3) is 0.550. The SMILES string of the molecule is CCC=CCC=CC[C@@H]1O[C@@H]1/C=C/[C@@H]1CC=CCCCC(=O)O1. The minimum atomic E-state index is -0.156. The van der Waals surface area contributed by atoms with Gasteiger partial charge in [0.05, 0.1) is 6.10 Å². The molecule has 3 heteroatoms. The van der Waals surface area contributed by atoms with E-state index in [4.69, 9.17) is 9.47 Å². The number of cyclic esters (lactones) is 1. The molecule has 0 bridgehead atoms. The van der Waals surface area contributed by atoms with Gasteiger partial charge in [-0.1, -0.05) is 49.5 Å². The van der Waals surface area contributed by atoms with Crippen molar-refractivity contribution in [1.29, 1.82) is 0 Å². The van der Waals surface area contributed by atoms with Crippen LogP contribution in [-0.4, -0.2) is 24.3 Å². The molecule has 0 aliphatic carbocycles. The summed E-state index contributed by atoms with van der Waals surface area (Å²) in [4.78, 5) is 11.6. The second kappa shape index (κ2) is 10.2. The highest BCUT2D eigenvalue weighted by molar-refractivity contribution is 5.69. The average Bonchev–Trinajstić information content (AvgIpc) is 3.27. The molecular weight excluding hydrogens is 288 g/mol. The maximum absolute atomic E-state index is 11.6. The van der Waals surface area contributed by atoms with Crippen LogP contribution in [0.3, 0.4) is 0 Å². The summed E-state index contributed by atoms with van der Waals surface area (Å²) in [6.07, 6.45) is 23.4. The quantitative estimate of drug-likeness (QED) is 0.390. The summed E-state index contributed by atoms with van der Waals surface area (Å²) >= 11 is 0. The number of epoxide rings is 1. The van der Waals surface area contributed by atoms with Crippen molar-refractivity contribution in [2.24, 2.45) is 0 Å². The molecule has 0 aromatic carbocycles. The molecule has 0 N–H and O–H groups in total. The molecule has 23 heavy (non-hydrogen) atoms. The summed E-state index contributed by atoms with van der Waals surface area (Å²) in [5.41, 5.74) is 0. The van der Waals surface area contributed by atoms with E-state index in [2.05, 4.69) is 43.4 Å². The molecule has 0 aromatic rings. The van der Waals surface area contributed by atoms with Crippen molar-refractivity contribution in [3.63, 3.8) is 0 Å². The van der Waals surface area contributed by atoms with Crippen molar-refractivity contribution < 1.29 is 14.3 Å². The van der Waals surface area contributed by atoms with Gasteiger partial charge in [0.1, 0.15) is 12.2 Å². The smallest absolute Gasteiger partial charge is 0.306 e. The molecule has 1 saturated heterocycles. The van der Waals surface area contributed by atoms with Crippen LogP contribution in [0.1, 0.15) is 51.9 Å². The average molecular weight is 316 g/mol. The van der Waals surface area contributed by atoms with E-state index in [0.29, 0.717) is 6.42 Å². The van der Waals surface area contributed by atoms with Crippen LogP contribution >= 0.6 is 0 Å². The van der Waals surface area contributed by atoms with Crippen LogP contribution < -0.4 is 0 Å². The molecule has 2 heterocycles. The maximum atomic E-state index is 11.6. The third-order valence-corrected chi connectivity index (χ3v) is 3.92. The van der Waals surface area contributed by atoms with Gasteiger partial charge in [-0.2, -0.15) is 0 Å². The number of rotatable bonds is 7. The normalized spacial score (nSPS) is 28.9. The van der Waals surface area contributed by atoms with Gasteiger partial charge in [0.15, 0.2) is 0 Å². The Hall–Kier alpha value is -1.61. The van der Waals surface area contributed by atoms with Gasteiger partial charge in [-0.15, -0.1) is 0 Å². The van der Waals surface area contributed by atoms with Crippen molar-refractivity contribution in [2.75, 3.05) is 0 Å². The third-order valence-electron chi connectivity index (χ3n) is 3.92. The van der Waals surface area contributed by atoms with Gasteiger partial charge in [-0.3, -0.25) is 4.79 Å². The summed E-state index contributed by atoms with van der Waals surface area (Å²) in [5.74, 6) is -0.0975. The highest BCUT2D eigenvalue weighted by Crippen LogP contribution is 2.27. The lowest BCUT2D eigenvalue weighted by atomic mass is 10.1. The first-order valence-corrected chi connectivity index (χ1v) is 8.78. The van der Waals surface area contributed by atoms with E-state index in [1.165, 1.54) is 0 Å².